The number of rotatable bonds is 3. The number of carboxylic acids is 1. The van der Waals surface area contributed by atoms with Crippen molar-refractivity contribution in [3.05, 3.63) is 17.5 Å². The van der Waals surface area contributed by atoms with E-state index in [0.717, 1.165) is 19.4 Å². The minimum Gasteiger partial charge on any atom is -0.478 e. The van der Waals surface area contributed by atoms with Gasteiger partial charge in [0.15, 0.2) is 5.76 Å². The Hall–Kier alpha value is -1.36. The zero-order valence-corrected chi connectivity index (χ0v) is 8.64. The molecule has 15 heavy (non-hydrogen) atoms. The van der Waals surface area contributed by atoms with Crippen molar-refractivity contribution in [1.82, 2.24) is 10.1 Å². The van der Waals surface area contributed by atoms with E-state index >= 15 is 0 Å². The molecular weight excluding hydrogens is 196 g/mol. The highest BCUT2D eigenvalue weighted by atomic mass is 16.5. The third kappa shape index (κ3) is 2.02. The van der Waals surface area contributed by atoms with E-state index in [4.69, 9.17) is 9.63 Å². The fraction of sp³-hybridized carbons (Fsp3) is 0.600. The average Bonchev–Trinajstić information content (AvgIpc) is 2.77. The van der Waals surface area contributed by atoms with Crippen molar-refractivity contribution in [2.75, 3.05) is 13.6 Å². The lowest BCUT2D eigenvalue weighted by molar-refractivity contribution is 0.0694. The largest absolute Gasteiger partial charge is 0.478 e. The number of aromatic nitrogens is 1. The molecule has 1 atom stereocenters. The van der Waals surface area contributed by atoms with Gasteiger partial charge < -0.3 is 14.5 Å². The number of hydrogen-bond acceptors (Lipinski definition) is 4. The van der Waals surface area contributed by atoms with Gasteiger partial charge in [-0.2, -0.15) is 0 Å². The molecule has 0 amide bonds. The molecule has 1 fully saturated rings. The number of nitrogens with zero attached hydrogens (tertiary/aromatic N) is 2. The van der Waals surface area contributed by atoms with Crippen molar-refractivity contribution < 1.29 is 14.4 Å². The van der Waals surface area contributed by atoms with Gasteiger partial charge in [-0.1, -0.05) is 5.16 Å². The van der Waals surface area contributed by atoms with Gasteiger partial charge in [0, 0.05) is 12.5 Å². The van der Waals surface area contributed by atoms with E-state index < -0.39 is 5.97 Å². The van der Waals surface area contributed by atoms with Crippen molar-refractivity contribution in [3.63, 3.8) is 0 Å². The summed E-state index contributed by atoms with van der Waals surface area (Å²) in [7, 11) is 2.05. The van der Waals surface area contributed by atoms with E-state index in [1.54, 1.807) is 0 Å². The molecule has 1 aromatic rings. The van der Waals surface area contributed by atoms with E-state index in [1.165, 1.54) is 6.20 Å². The highest BCUT2D eigenvalue weighted by Gasteiger charge is 2.25. The van der Waals surface area contributed by atoms with Crippen LogP contribution in [-0.4, -0.2) is 40.8 Å². The topological polar surface area (TPSA) is 66.6 Å². The first-order chi connectivity index (χ1) is 7.18. The maximum atomic E-state index is 10.8. The molecule has 0 aromatic carbocycles. The second-order valence-corrected chi connectivity index (χ2v) is 3.95. The van der Waals surface area contributed by atoms with Gasteiger partial charge in [0.1, 0.15) is 5.56 Å². The van der Waals surface area contributed by atoms with Crippen molar-refractivity contribution in [2.45, 2.75) is 25.3 Å². The number of carboxylic acid groups (broad SMARTS) is 1. The molecule has 0 bridgehead atoms. The van der Waals surface area contributed by atoms with Crippen LogP contribution >= 0.6 is 0 Å². The zero-order valence-electron chi connectivity index (χ0n) is 8.64. The summed E-state index contributed by atoms with van der Waals surface area (Å²) in [4.78, 5) is 13.1. The quantitative estimate of drug-likeness (QED) is 0.806. The molecular formula is C10H14N2O3. The fourth-order valence-electron chi connectivity index (χ4n) is 2.04. The number of carbonyl (C=O) groups is 1. The van der Waals surface area contributed by atoms with Gasteiger partial charge in [0.05, 0.1) is 6.20 Å². The highest BCUT2D eigenvalue weighted by molar-refractivity contribution is 5.88. The summed E-state index contributed by atoms with van der Waals surface area (Å²) >= 11 is 0. The standard InChI is InChI=1S/C10H14N2O3/c1-12-4-2-3-7(12)5-9-8(10(13)14)6-11-15-9/h6-7H,2-5H2,1H3,(H,13,14). The van der Waals surface area contributed by atoms with E-state index in [-0.39, 0.29) is 5.56 Å². The number of likely N-dealkylation sites (N-methyl/N-ethyl adjacent to an activating group) is 1. The van der Waals surface area contributed by atoms with Crippen molar-refractivity contribution >= 4 is 5.97 Å². The van der Waals surface area contributed by atoms with Crippen LogP contribution in [0.1, 0.15) is 29.0 Å². The Morgan fingerprint density at radius 3 is 3.20 bits per heavy atom. The van der Waals surface area contributed by atoms with E-state index in [0.29, 0.717) is 18.2 Å². The van der Waals surface area contributed by atoms with Gasteiger partial charge in [-0.25, -0.2) is 4.79 Å². The van der Waals surface area contributed by atoms with Crippen molar-refractivity contribution in [1.29, 1.82) is 0 Å². The van der Waals surface area contributed by atoms with Crippen molar-refractivity contribution in [3.8, 4) is 0 Å². The van der Waals surface area contributed by atoms with Crippen LogP contribution in [0, 0.1) is 0 Å². The van der Waals surface area contributed by atoms with Gasteiger partial charge in [-0.15, -0.1) is 0 Å². The van der Waals surface area contributed by atoms with Gasteiger partial charge in [0.25, 0.3) is 0 Å². The third-order valence-corrected chi connectivity index (χ3v) is 2.97. The molecule has 1 aliphatic rings. The molecule has 1 N–H and O–H groups in total. The van der Waals surface area contributed by atoms with Crippen LogP contribution in [0.25, 0.3) is 0 Å². The van der Waals surface area contributed by atoms with Gasteiger partial charge in [0.2, 0.25) is 0 Å². The molecule has 5 heteroatoms. The molecule has 1 aliphatic heterocycles. The first-order valence-electron chi connectivity index (χ1n) is 5.05. The average molecular weight is 210 g/mol. The third-order valence-electron chi connectivity index (χ3n) is 2.97. The smallest absolute Gasteiger partial charge is 0.340 e. The van der Waals surface area contributed by atoms with Crippen LogP contribution in [0.3, 0.4) is 0 Å². The van der Waals surface area contributed by atoms with E-state index in [2.05, 4.69) is 17.1 Å². The minimum absolute atomic E-state index is 0.190. The van der Waals surface area contributed by atoms with Crippen LogP contribution in [0.15, 0.2) is 10.7 Å². The maximum Gasteiger partial charge on any atom is 0.340 e. The van der Waals surface area contributed by atoms with Crippen LogP contribution in [-0.2, 0) is 6.42 Å². The Balaban J connectivity index is 2.10. The zero-order chi connectivity index (χ0) is 10.8. The molecule has 0 spiro atoms. The second kappa shape index (κ2) is 4.02. The lowest BCUT2D eigenvalue weighted by Gasteiger charge is -2.17. The summed E-state index contributed by atoms with van der Waals surface area (Å²) in [5.41, 5.74) is 0.190. The van der Waals surface area contributed by atoms with E-state index in [9.17, 15) is 4.79 Å². The van der Waals surface area contributed by atoms with Crippen LogP contribution in [0.4, 0.5) is 0 Å². The molecule has 1 saturated heterocycles. The Kier molecular flexibility index (Phi) is 2.73. The SMILES string of the molecule is CN1CCCC1Cc1oncc1C(=O)O. The normalized spacial score (nSPS) is 22.1. The predicted molar refractivity (Wildman–Crippen MR) is 52.8 cm³/mol. The Labute approximate surface area is 87.7 Å². The Morgan fingerprint density at radius 1 is 1.80 bits per heavy atom. The minimum atomic E-state index is -0.966. The molecule has 5 nitrogen and oxygen atoms in total. The molecule has 82 valence electrons. The molecule has 1 unspecified atom stereocenters. The predicted octanol–water partition coefficient (Wildman–Crippen LogP) is 1.01. The molecule has 0 radical (unpaired) electrons. The summed E-state index contributed by atoms with van der Waals surface area (Å²) < 4.78 is 4.98. The molecule has 0 aliphatic carbocycles. The van der Waals surface area contributed by atoms with Crippen LogP contribution < -0.4 is 0 Å². The summed E-state index contributed by atoms with van der Waals surface area (Å²) in [6.07, 6.45) is 4.17. The first kappa shape index (κ1) is 10.2. The first-order valence-corrected chi connectivity index (χ1v) is 5.05. The van der Waals surface area contributed by atoms with Crippen LogP contribution in [0.5, 0.6) is 0 Å². The lowest BCUT2D eigenvalue weighted by Crippen LogP contribution is -2.27. The fourth-order valence-corrected chi connectivity index (χ4v) is 2.04. The lowest BCUT2D eigenvalue weighted by atomic mass is 10.1. The molecule has 2 rings (SSSR count). The summed E-state index contributed by atoms with van der Waals surface area (Å²) in [6, 6.07) is 0.385. The number of hydrogen-bond donors (Lipinski definition) is 1. The Morgan fingerprint density at radius 2 is 2.60 bits per heavy atom. The number of likely N-dealkylation sites (tertiary alicyclic amines) is 1. The monoisotopic (exact) mass is 210 g/mol. The van der Waals surface area contributed by atoms with Gasteiger partial charge in [-0.3, -0.25) is 0 Å². The maximum absolute atomic E-state index is 10.8. The van der Waals surface area contributed by atoms with Gasteiger partial charge in [-0.05, 0) is 26.4 Å². The summed E-state index contributed by atoms with van der Waals surface area (Å²) in [5, 5.41) is 12.4. The van der Waals surface area contributed by atoms with Gasteiger partial charge >= 0.3 is 5.97 Å². The summed E-state index contributed by atoms with van der Waals surface area (Å²) in [5.74, 6) is -0.479. The molecule has 2 heterocycles. The second-order valence-electron chi connectivity index (χ2n) is 3.95. The summed E-state index contributed by atoms with van der Waals surface area (Å²) in [6.45, 7) is 1.07. The molecule has 1 aromatic heterocycles. The van der Waals surface area contributed by atoms with Crippen LogP contribution in [0.2, 0.25) is 0 Å². The molecule has 0 saturated carbocycles. The Bertz CT molecular complexity index is 361. The highest BCUT2D eigenvalue weighted by Crippen LogP contribution is 2.20. The number of aromatic carboxylic acids is 1. The van der Waals surface area contributed by atoms with Crippen molar-refractivity contribution in [2.24, 2.45) is 0 Å². The van der Waals surface area contributed by atoms with E-state index in [1.807, 2.05) is 0 Å².